The number of pyridine rings is 1. The molecule has 124 valence electrons. The average Bonchev–Trinajstić information content (AvgIpc) is 2.57. The third-order valence-corrected chi connectivity index (χ3v) is 4.38. The van der Waals surface area contributed by atoms with Gasteiger partial charge in [0.25, 0.3) is 0 Å². The van der Waals surface area contributed by atoms with Gasteiger partial charge in [0, 0.05) is 16.8 Å². The minimum absolute atomic E-state index is 0.402. The standard InChI is InChI=1S/C18H16Cl2N2O2/c1-23-16-6-3-10(8-14(16)20)7-13-12-9-11(19)4-5-15(12)22-18(24-2)17(13)21/h3-6,8-9H,7,21H2,1-2H3. The van der Waals surface area contributed by atoms with Crippen LogP contribution in [0.2, 0.25) is 10.0 Å². The van der Waals surface area contributed by atoms with Crippen molar-refractivity contribution in [3.8, 4) is 11.6 Å². The number of benzene rings is 2. The van der Waals surface area contributed by atoms with Crippen LogP contribution in [0.5, 0.6) is 11.6 Å². The lowest BCUT2D eigenvalue weighted by molar-refractivity contribution is 0.401. The molecule has 4 nitrogen and oxygen atoms in total. The summed E-state index contributed by atoms with van der Waals surface area (Å²) in [6, 6.07) is 11.2. The van der Waals surface area contributed by atoms with Crippen LogP contribution < -0.4 is 15.2 Å². The van der Waals surface area contributed by atoms with E-state index in [4.69, 9.17) is 38.4 Å². The molecule has 0 bridgehead atoms. The maximum Gasteiger partial charge on any atom is 0.237 e. The van der Waals surface area contributed by atoms with Crippen molar-refractivity contribution >= 4 is 39.8 Å². The lowest BCUT2D eigenvalue weighted by Crippen LogP contribution is -2.03. The fourth-order valence-electron chi connectivity index (χ4n) is 2.66. The summed E-state index contributed by atoms with van der Waals surface area (Å²) in [6.07, 6.45) is 0.575. The van der Waals surface area contributed by atoms with E-state index in [1.54, 1.807) is 20.3 Å². The Hall–Kier alpha value is -2.17. The van der Waals surface area contributed by atoms with Crippen molar-refractivity contribution < 1.29 is 9.47 Å². The number of fused-ring (bicyclic) bond motifs is 1. The molecule has 0 saturated carbocycles. The molecule has 2 N–H and O–H groups in total. The number of nitrogen functional groups attached to an aromatic ring is 1. The summed E-state index contributed by atoms with van der Waals surface area (Å²) in [5.74, 6) is 1.04. The summed E-state index contributed by atoms with van der Waals surface area (Å²) in [4.78, 5) is 4.43. The highest BCUT2D eigenvalue weighted by Gasteiger charge is 2.15. The first-order chi connectivity index (χ1) is 11.5. The first-order valence-electron chi connectivity index (χ1n) is 7.27. The Bertz CT molecular complexity index is 913. The topological polar surface area (TPSA) is 57.4 Å². The Morgan fingerprint density at radius 3 is 2.50 bits per heavy atom. The average molecular weight is 363 g/mol. The van der Waals surface area contributed by atoms with E-state index in [0.717, 1.165) is 22.0 Å². The van der Waals surface area contributed by atoms with Crippen molar-refractivity contribution in [2.45, 2.75) is 6.42 Å². The highest BCUT2D eigenvalue weighted by Crippen LogP contribution is 2.34. The van der Waals surface area contributed by atoms with E-state index < -0.39 is 0 Å². The summed E-state index contributed by atoms with van der Waals surface area (Å²) >= 11 is 12.4. The van der Waals surface area contributed by atoms with Gasteiger partial charge in [-0.1, -0.05) is 29.3 Å². The minimum Gasteiger partial charge on any atom is -0.495 e. The number of nitrogens with zero attached hydrogens (tertiary/aromatic N) is 1. The number of hydrogen-bond donors (Lipinski definition) is 1. The molecule has 0 aliphatic rings. The van der Waals surface area contributed by atoms with Crippen LogP contribution in [0.3, 0.4) is 0 Å². The maximum atomic E-state index is 6.26. The van der Waals surface area contributed by atoms with Gasteiger partial charge in [0.2, 0.25) is 5.88 Å². The SMILES string of the molecule is COc1ccc(Cc2c(N)c(OC)nc3ccc(Cl)cc23)cc1Cl. The first-order valence-corrected chi connectivity index (χ1v) is 8.03. The van der Waals surface area contributed by atoms with E-state index in [1.165, 1.54) is 0 Å². The van der Waals surface area contributed by atoms with Crippen molar-refractivity contribution in [1.82, 2.24) is 4.98 Å². The van der Waals surface area contributed by atoms with E-state index >= 15 is 0 Å². The third kappa shape index (κ3) is 3.07. The molecule has 1 heterocycles. The molecular formula is C18H16Cl2N2O2. The van der Waals surface area contributed by atoms with Crippen LogP contribution in [-0.4, -0.2) is 19.2 Å². The fraction of sp³-hybridized carbons (Fsp3) is 0.167. The fourth-order valence-corrected chi connectivity index (χ4v) is 3.11. The Morgan fingerprint density at radius 2 is 1.83 bits per heavy atom. The zero-order chi connectivity index (χ0) is 17.3. The van der Waals surface area contributed by atoms with E-state index in [2.05, 4.69) is 4.98 Å². The molecule has 6 heteroatoms. The minimum atomic E-state index is 0.402. The smallest absolute Gasteiger partial charge is 0.237 e. The molecule has 3 aromatic rings. The highest BCUT2D eigenvalue weighted by atomic mass is 35.5. The molecule has 24 heavy (non-hydrogen) atoms. The number of nitrogens with two attached hydrogens (primary N) is 1. The Morgan fingerprint density at radius 1 is 1.04 bits per heavy atom. The molecule has 0 aliphatic heterocycles. The van der Waals surface area contributed by atoms with Crippen molar-refractivity contribution in [1.29, 1.82) is 0 Å². The summed E-state index contributed by atoms with van der Waals surface area (Å²) in [7, 11) is 3.14. The van der Waals surface area contributed by atoms with Crippen LogP contribution in [0.15, 0.2) is 36.4 Å². The number of hydrogen-bond acceptors (Lipinski definition) is 4. The predicted octanol–water partition coefficient (Wildman–Crippen LogP) is 4.73. The summed E-state index contributed by atoms with van der Waals surface area (Å²) in [5.41, 5.74) is 9.45. The molecule has 1 aromatic heterocycles. The van der Waals surface area contributed by atoms with E-state index in [0.29, 0.717) is 33.8 Å². The van der Waals surface area contributed by atoms with Crippen LogP contribution >= 0.6 is 23.2 Å². The van der Waals surface area contributed by atoms with Gasteiger partial charge in [-0.15, -0.1) is 0 Å². The quantitative estimate of drug-likeness (QED) is 0.728. The third-order valence-electron chi connectivity index (χ3n) is 3.85. The monoisotopic (exact) mass is 362 g/mol. The Balaban J connectivity index is 2.15. The molecule has 0 atom stereocenters. The molecule has 0 fully saturated rings. The summed E-state index contributed by atoms with van der Waals surface area (Å²) in [6.45, 7) is 0. The molecular weight excluding hydrogens is 347 g/mol. The van der Waals surface area contributed by atoms with Crippen LogP contribution in [0.1, 0.15) is 11.1 Å². The van der Waals surface area contributed by atoms with Gasteiger partial charge >= 0.3 is 0 Å². The second-order valence-electron chi connectivity index (χ2n) is 5.32. The highest BCUT2D eigenvalue weighted by molar-refractivity contribution is 6.32. The molecule has 0 aliphatic carbocycles. The molecule has 0 spiro atoms. The van der Waals surface area contributed by atoms with E-state index in [-0.39, 0.29) is 0 Å². The number of rotatable bonds is 4. The maximum absolute atomic E-state index is 6.26. The number of halogens is 2. The molecule has 0 radical (unpaired) electrons. The Kier molecular flexibility index (Phi) is 4.69. The first kappa shape index (κ1) is 16.7. The van der Waals surface area contributed by atoms with Crippen LogP contribution in [0.25, 0.3) is 10.9 Å². The number of methoxy groups -OCH3 is 2. The zero-order valence-corrected chi connectivity index (χ0v) is 14.8. The van der Waals surface area contributed by atoms with Crippen molar-refractivity contribution in [2.75, 3.05) is 20.0 Å². The van der Waals surface area contributed by atoms with Crippen LogP contribution in [-0.2, 0) is 6.42 Å². The predicted molar refractivity (Wildman–Crippen MR) is 98.5 cm³/mol. The second kappa shape index (κ2) is 6.75. The van der Waals surface area contributed by atoms with E-state index in [9.17, 15) is 0 Å². The molecule has 3 rings (SSSR count). The summed E-state index contributed by atoms with van der Waals surface area (Å²) < 4.78 is 10.5. The van der Waals surface area contributed by atoms with Gasteiger partial charge in [0.05, 0.1) is 30.4 Å². The largest absolute Gasteiger partial charge is 0.495 e. The lowest BCUT2D eigenvalue weighted by Gasteiger charge is -2.14. The van der Waals surface area contributed by atoms with Gasteiger partial charge in [-0.25, -0.2) is 4.98 Å². The zero-order valence-electron chi connectivity index (χ0n) is 13.3. The number of ether oxygens (including phenoxy) is 2. The van der Waals surface area contributed by atoms with Crippen LogP contribution in [0.4, 0.5) is 5.69 Å². The lowest BCUT2D eigenvalue weighted by atomic mass is 9.99. The second-order valence-corrected chi connectivity index (χ2v) is 6.16. The van der Waals surface area contributed by atoms with Crippen molar-refractivity contribution in [3.05, 3.63) is 57.6 Å². The molecule has 0 saturated heterocycles. The number of aromatic nitrogens is 1. The Labute approximate surface area is 150 Å². The number of anilines is 1. The normalized spacial score (nSPS) is 10.8. The molecule has 2 aromatic carbocycles. The van der Waals surface area contributed by atoms with Crippen LogP contribution in [0, 0.1) is 0 Å². The van der Waals surface area contributed by atoms with E-state index in [1.807, 2.05) is 30.3 Å². The van der Waals surface area contributed by atoms with Gasteiger partial charge in [0.1, 0.15) is 5.75 Å². The molecule has 0 unspecified atom stereocenters. The van der Waals surface area contributed by atoms with Gasteiger partial charge in [0.15, 0.2) is 0 Å². The van der Waals surface area contributed by atoms with Gasteiger partial charge in [-0.3, -0.25) is 0 Å². The van der Waals surface area contributed by atoms with Gasteiger partial charge < -0.3 is 15.2 Å². The molecule has 0 amide bonds. The summed E-state index contributed by atoms with van der Waals surface area (Å²) in [5, 5.41) is 2.08. The van der Waals surface area contributed by atoms with Crippen molar-refractivity contribution in [3.63, 3.8) is 0 Å². The van der Waals surface area contributed by atoms with Crippen molar-refractivity contribution in [2.24, 2.45) is 0 Å². The van der Waals surface area contributed by atoms with Gasteiger partial charge in [-0.2, -0.15) is 0 Å². The van der Waals surface area contributed by atoms with Gasteiger partial charge in [-0.05, 0) is 41.5 Å².